The number of anilines is 2. The molecule has 1 unspecified atom stereocenters. The first-order valence-corrected chi connectivity index (χ1v) is 9.22. The average Bonchev–Trinajstić information content (AvgIpc) is 2.94. The molecule has 0 bridgehead atoms. The van der Waals surface area contributed by atoms with Crippen molar-refractivity contribution >= 4 is 17.3 Å². The van der Waals surface area contributed by atoms with Crippen LogP contribution in [0.3, 0.4) is 0 Å². The number of hydrogen-bond acceptors (Lipinski definition) is 3. The number of hydrogen-bond donors (Lipinski definition) is 1. The summed E-state index contributed by atoms with van der Waals surface area (Å²) in [7, 11) is 2.03. The summed E-state index contributed by atoms with van der Waals surface area (Å²) in [6.45, 7) is 2.29. The largest absolute Gasteiger partial charge is 0.372 e. The molecule has 4 nitrogen and oxygen atoms in total. The van der Waals surface area contributed by atoms with Gasteiger partial charge in [-0.05, 0) is 42.7 Å². The van der Waals surface area contributed by atoms with Gasteiger partial charge in [0.25, 0.3) is 5.91 Å². The Balaban J connectivity index is 1.57. The fraction of sp³-hybridized carbons (Fsp3) is 0.381. The molecule has 0 aromatic heterocycles. The summed E-state index contributed by atoms with van der Waals surface area (Å²) < 4.78 is 0. The van der Waals surface area contributed by atoms with E-state index in [2.05, 4.69) is 39.4 Å². The van der Waals surface area contributed by atoms with E-state index < -0.39 is 0 Å². The predicted octanol–water partition coefficient (Wildman–Crippen LogP) is 3.95. The minimum absolute atomic E-state index is 0.00436. The molecule has 2 aliphatic rings. The predicted molar refractivity (Wildman–Crippen MR) is 102 cm³/mol. The third-order valence-corrected chi connectivity index (χ3v) is 5.36. The van der Waals surface area contributed by atoms with Gasteiger partial charge in [-0.3, -0.25) is 4.79 Å². The second kappa shape index (κ2) is 6.79. The summed E-state index contributed by atoms with van der Waals surface area (Å²) >= 11 is 0. The van der Waals surface area contributed by atoms with E-state index in [4.69, 9.17) is 0 Å². The number of para-hydroxylation sites is 1. The Hall–Kier alpha value is -2.49. The van der Waals surface area contributed by atoms with E-state index in [0.29, 0.717) is 0 Å². The van der Waals surface area contributed by atoms with Crippen molar-refractivity contribution in [3.05, 3.63) is 59.7 Å². The first kappa shape index (κ1) is 16.0. The van der Waals surface area contributed by atoms with Crippen LogP contribution < -0.4 is 15.1 Å². The number of benzene rings is 2. The van der Waals surface area contributed by atoms with Crippen molar-refractivity contribution in [1.82, 2.24) is 5.32 Å². The minimum Gasteiger partial charge on any atom is -0.372 e. The number of nitrogens with zero attached hydrogens (tertiary/aromatic N) is 2. The minimum atomic E-state index is -0.124. The highest BCUT2D eigenvalue weighted by atomic mass is 16.2. The van der Waals surface area contributed by atoms with Crippen molar-refractivity contribution in [1.29, 1.82) is 0 Å². The molecule has 4 rings (SSSR count). The lowest BCUT2D eigenvalue weighted by molar-refractivity contribution is 0.0928. The van der Waals surface area contributed by atoms with E-state index in [9.17, 15) is 4.79 Å². The van der Waals surface area contributed by atoms with Crippen LogP contribution in [0.4, 0.5) is 11.4 Å². The van der Waals surface area contributed by atoms with Gasteiger partial charge in [-0.15, -0.1) is 0 Å². The fourth-order valence-electron chi connectivity index (χ4n) is 3.91. The third-order valence-electron chi connectivity index (χ3n) is 5.36. The molecule has 1 atom stereocenters. The molecule has 2 heterocycles. The van der Waals surface area contributed by atoms with Crippen LogP contribution in [0, 0.1) is 0 Å². The molecule has 2 aromatic rings. The molecule has 1 N–H and O–H groups in total. The van der Waals surface area contributed by atoms with Crippen molar-refractivity contribution in [3.63, 3.8) is 0 Å². The zero-order chi connectivity index (χ0) is 17.2. The molecule has 2 aliphatic heterocycles. The summed E-state index contributed by atoms with van der Waals surface area (Å²) in [6, 6.07) is 16.5. The lowest BCUT2D eigenvalue weighted by atomic mass is 10.0. The van der Waals surface area contributed by atoms with Gasteiger partial charge in [-0.25, -0.2) is 0 Å². The molecule has 0 aliphatic carbocycles. The highest BCUT2D eigenvalue weighted by Crippen LogP contribution is 2.32. The van der Waals surface area contributed by atoms with Gasteiger partial charge in [-0.1, -0.05) is 37.1 Å². The van der Waals surface area contributed by atoms with Gasteiger partial charge in [-0.2, -0.15) is 0 Å². The van der Waals surface area contributed by atoms with Crippen LogP contribution in [0.5, 0.6) is 0 Å². The first-order chi connectivity index (χ1) is 12.2. The SMILES string of the molecule is CN1c2ccccc2C(=O)NC1c1ccc(N2CCCCCC2)cc1. The van der Waals surface area contributed by atoms with Crippen molar-refractivity contribution in [2.45, 2.75) is 31.8 Å². The van der Waals surface area contributed by atoms with E-state index in [1.165, 1.54) is 31.4 Å². The number of rotatable bonds is 2. The van der Waals surface area contributed by atoms with Gasteiger partial charge < -0.3 is 15.1 Å². The summed E-state index contributed by atoms with van der Waals surface area (Å²) in [4.78, 5) is 17.0. The molecular formula is C21H25N3O. The fourth-order valence-corrected chi connectivity index (χ4v) is 3.91. The Bertz CT molecular complexity index is 748. The van der Waals surface area contributed by atoms with E-state index in [1.807, 2.05) is 31.3 Å². The maximum Gasteiger partial charge on any atom is 0.255 e. The topological polar surface area (TPSA) is 35.6 Å². The van der Waals surface area contributed by atoms with E-state index in [0.717, 1.165) is 29.9 Å². The Morgan fingerprint density at radius 2 is 1.60 bits per heavy atom. The maximum absolute atomic E-state index is 12.4. The standard InChI is InChI=1S/C21H25N3O/c1-23-19-9-5-4-8-18(19)21(25)22-20(23)16-10-12-17(13-11-16)24-14-6-2-3-7-15-24/h4-5,8-13,20H,2-3,6-7,14-15H2,1H3,(H,22,25). The molecular weight excluding hydrogens is 310 g/mol. The van der Waals surface area contributed by atoms with Crippen LogP contribution in [0.1, 0.15) is 47.8 Å². The summed E-state index contributed by atoms with van der Waals surface area (Å²) in [5, 5.41) is 3.12. The molecule has 0 spiro atoms. The van der Waals surface area contributed by atoms with Gasteiger partial charge in [0.05, 0.1) is 11.3 Å². The summed E-state index contributed by atoms with van der Waals surface area (Å²) in [5.74, 6) is -0.00436. The van der Waals surface area contributed by atoms with Crippen molar-refractivity contribution < 1.29 is 4.79 Å². The summed E-state index contributed by atoms with van der Waals surface area (Å²) in [5.41, 5.74) is 4.12. The van der Waals surface area contributed by atoms with Crippen LogP contribution in [-0.4, -0.2) is 26.0 Å². The molecule has 0 saturated carbocycles. The van der Waals surface area contributed by atoms with Crippen LogP contribution >= 0.6 is 0 Å². The van der Waals surface area contributed by atoms with Gasteiger partial charge in [0.15, 0.2) is 0 Å². The van der Waals surface area contributed by atoms with Crippen molar-refractivity contribution in [3.8, 4) is 0 Å². The van der Waals surface area contributed by atoms with Gasteiger partial charge >= 0.3 is 0 Å². The number of carbonyl (C=O) groups is 1. The molecule has 130 valence electrons. The quantitative estimate of drug-likeness (QED) is 0.903. The van der Waals surface area contributed by atoms with Crippen molar-refractivity contribution in [2.24, 2.45) is 0 Å². The van der Waals surface area contributed by atoms with Crippen LogP contribution in [0.2, 0.25) is 0 Å². The second-order valence-electron chi connectivity index (χ2n) is 7.00. The maximum atomic E-state index is 12.4. The van der Waals surface area contributed by atoms with Crippen LogP contribution in [0.15, 0.2) is 48.5 Å². The number of carbonyl (C=O) groups excluding carboxylic acids is 1. The molecule has 1 fully saturated rings. The number of fused-ring (bicyclic) bond motifs is 1. The zero-order valence-electron chi connectivity index (χ0n) is 14.7. The Morgan fingerprint density at radius 1 is 0.920 bits per heavy atom. The van der Waals surface area contributed by atoms with Gasteiger partial charge in [0, 0.05) is 25.8 Å². The van der Waals surface area contributed by atoms with E-state index in [-0.39, 0.29) is 12.1 Å². The first-order valence-electron chi connectivity index (χ1n) is 9.22. The Labute approximate surface area is 149 Å². The lowest BCUT2D eigenvalue weighted by Crippen LogP contribution is -2.44. The Morgan fingerprint density at radius 3 is 2.32 bits per heavy atom. The monoisotopic (exact) mass is 335 g/mol. The molecule has 4 heteroatoms. The molecule has 1 saturated heterocycles. The highest BCUT2D eigenvalue weighted by molar-refractivity contribution is 6.02. The average molecular weight is 335 g/mol. The molecule has 2 aromatic carbocycles. The molecule has 0 radical (unpaired) electrons. The van der Waals surface area contributed by atoms with Gasteiger partial charge in [0.2, 0.25) is 0 Å². The molecule has 1 amide bonds. The van der Waals surface area contributed by atoms with Crippen LogP contribution in [0.25, 0.3) is 0 Å². The number of amides is 1. The second-order valence-corrected chi connectivity index (χ2v) is 7.00. The number of nitrogens with one attached hydrogen (secondary N) is 1. The highest BCUT2D eigenvalue weighted by Gasteiger charge is 2.29. The van der Waals surface area contributed by atoms with E-state index >= 15 is 0 Å². The van der Waals surface area contributed by atoms with Crippen LogP contribution in [-0.2, 0) is 0 Å². The summed E-state index contributed by atoms with van der Waals surface area (Å²) in [6.07, 6.45) is 5.11. The third kappa shape index (κ3) is 3.09. The zero-order valence-corrected chi connectivity index (χ0v) is 14.7. The van der Waals surface area contributed by atoms with E-state index in [1.54, 1.807) is 0 Å². The lowest BCUT2D eigenvalue weighted by Gasteiger charge is -2.36. The molecule has 25 heavy (non-hydrogen) atoms. The smallest absolute Gasteiger partial charge is 0.255 e. The van der Waals surface area contributed by atoms with Crippen molar-refractivity contribution in [2.75, 3.05) is 29.9 Å². The normalized spacial score (nSPS) is 20.7. The van der Waals surface area contributed by atoms with Gasteiger partial charge in [0.1, 0.15) is 6.17 Å². The Kier molecular flexibility index (Phi) is 4.35.